The average molecular weight is 276 g/mol. The maximum atomic E-state index is 5.04. The Hall–Kier alpha value is 0.380. The number of hydrogen-bond donors (Lipinski definition) is 0. The molecule has 0 atom stereocenters. The van der Waals surface area contributed by atoms with Gasteiger partial charge in [-0.25, -0.2) is 0 Å². The molecule has 1 aromatic rings. The summed E-state index contributed by atoms with van der Waals surface area (Å²) in [5.41, 5.74) is 1.32. The first-order chi connectivity index (χ1) is 6.54. The van der Waals surface area contributed by atoms with Gasteiger partial charge in [-0.3, -0.25) is 0 Å². The van der Waals surface area contributed by atoms with E-state index >= 15 is 0 Å². The van der Waals surface area contributed by atoms with Gasteiger partial charge < -0.3 is 0 Å². The molecule has 0 nitrogen and oxygen atoms in total. The highest BCUT2D eigenvalue weighted by molar-refractivity contribution is 6.43. The molecule has 4 heteroatoms. The van der Waals surface area contributed by atoms with Gasteiger partial charge in [0.05, 0.1) is 5.34 Å². The number of halogens is 4. The van der Waals surface area contributed by atoms with Crippen molar-refractivity contribution in [1.29, 1.82) is 0 Å². The third kappa shape index (κ3) is 22.8. The maximum Gasteiger partial charge on any atom is 0.105 e. The second-order valence-electron chi connectivity index (χ2n) is 2.27. The van der Waals surface area contributed by atoms with Crippen LogP contribution in [0.25, 0.3) is 0 Å². The zero-order chi connectivity index (χ0) is 11.4. The number of rotatable bonds is 0. The molecule has 0 saturated heterocycles. The summed E-state index contributed by atoms with van der Waals surface area (Å²) in [5, 5.41) is 0.194. The van der Waals surface area contributed by atoms with Crippen LogP contribution in [0, 0.1) is 6.92 Å². The Labute approximate surface area is 106 Å². The summed E-state index contributed by atoms with van der Waals surface area (Å²) >= 11 is 19.6. The van der Waals surface area contributed by atoms with Crippen LogP contribution < -0.4 is 0 Å². The van der Waals surface area contributed by atoms with Gasteiger partial charge in [0.25, 0.3) is 0 Å². The third-order valence-electron chi connectivity index (χ3n) is 0.940. The summed E-state index contributed by atoms with van der Waals surface area (Å²) in [7, 11) is 0. The molecule has 82 valence electrons. The van der Waals surface area contributed by atoms with Gasteiger partial charge in [0.15, 0.2) is 0 Å². The fourth-order valence-corrected chi connectivity index (χ4v) is 0.534. The lowest BCUT2D eigenvalue weighted by atomic mass is 10.2. The summed E-state index contributed by atoms with van der Waals surface area (Å²) in [6.45, 7) is 3.78. The topological polar surface area (TPSA) is 0 Å². The Balaban J connectivity index is 0. The minimum absolute atomic E-state index is 0.194. The summed E-state index contributed by atoms with van der Waals surface area (Å²) in [5.74, 6) is 0. The van der Waals surface area contributed by atoms with Gasteiger partial charge in [-0.15, -0.1) is 46.4 Å². The van der Waals surface area contributed by atoms with Crippen molar-refractivity contribution in [3.05, 3.63) is 35.9 Å². The van der Waals surface area contributed by atoms with Crippen molar-refractivity contribution in [2.45, 2.75) is 18.7 Å². The second-order valence-corrected chi connectivity index (χ2v) is 4.62. The Morgan fingerprint density at radius 1 is 1.07 bits per heavy atom. The average Bonchev–Trinajstić information content (AvgIpc) is 2.05. The number of aryl methyl sites for hydroxylation is 1. The van der Waals surface area contributed by atoms with Crippen LogP contribution in [0.4, 0.5) is 0 Å². The Morgan fingerprint density at radius 2 is 1.36 bits per heavy atom. The molecule has 0 N–H and O–H groups in total. The molecule has 0 radical (unpaired) electrons. The zero-order valence-corrected chi connectivity index (χ0v) is 11.2. The molecule has 0 amide bonds. The van der Waals surface area contributed by atoms with Gasteiger partial charge in [-0.2, -0.15) is 0 Å². The quantitative estimate of drug-likeness (QED) is 0.569. The highest BCUT2D eigenvalue weighted by Gasteiger charge is 1.75. The van der Waals surface area contributed by atoms with Crippen LogP contribution in [0.5, 0.6) is 0 Å². The van der Waals surface area contributed by atoms with E-state index in [1.165, 1.54) is 5.56 Å². The molecular weight excluding hydrogens is 262 g/mol. The summed E-state index contributed by atoms with van der Waals surface area (Å²) < 4.78 is 0. The predicted molar refractivity (Wildman–Crippen MR) is 68.9 cm³/mol. The van der Waals surface area contributed by atoms with Crippen molar-refractivity contribution in [1.82, 2.24) is 0 Å². The SMILES string of the molecule is CC(Cl)Cl.Cc1ccccc1.ClCCl. The van der Waals surface area contributed by atoms with E-state index in [0.29, 0.717) is 0 Å². The lowest BCUT2D eigenvalue weighted by Gasteiger charge is -1.82. The van der Waals surface area contributed by atoms with Crippen molar-refractivity contribution < 1.29 is 0 Å². The van der Waals surface area contributed by atoms with E-state index in [9.17, 15) is 0 Å². The Morgan fingerprint density at radius 3 is 1.50 bits per heavy atom. The van der Waals surface area contributed by atoms with Gasteiger partial charge in [-0.1, -0.05) is 35.9 Å². The van der Waals surface area contributed by atoms with E-state index in [1.54, 1.807) is 6.92 Å². The second kappa shape index (κ2) is 13.4. The van der Waals surface area contributed by atoms with Gasteiger partial charge in [0.1, 0.15) is 4.84 Å². The van der Waals surface area contributed by atoms with Crippen LogP contribution in [-0.4, -0.2) is 10.2 Å². The Bertz CT molecular complexity index is 184. The van der Waals surface area contributed by atoms with Crippen molar-refractivity contribution in [3.8, 4) is 0 Å². The molecule has 0 bridgehead atoms. The number of alkyl halides is 4. The number of hydrogen-bond acceptors (Lipinski definition) is 0. The first-order valence-corrected chi connectivity index (χ1v) is 5.90. The van der Waals surface area contributed by atoms with Crippen LogP contribution in [-0.2, 0) is 0 Å². The molecule has 14 heavy (non-hydrogen) atoms. The smallest absolute Gasteiger partial charge is 0.105 e. The standard InChI is InChI=1S/C7H8.C2H4Cl2.CH2Cl2/c1-7-5-3-2-4-6-7;1-2(3)4;2-1-3/h2-6H,1H3;2H,1H3;1H2. The summed E-state index contributed by atoms with van der Waals surface area (Å²) in [4.78, 5) is -0.222. The number of benzene rings is 1. The molecule has 0 heterocycles. The maximum absolute atomic E-state index is 5.04. The predicted octanol–water partition coefficient (Wildman–Crippen LogP) is 5.23. The van der Waals surface area contributed by atoms with Crippen molar-refractivity contribution >= 4 is 46.4 Å². The molecule has 0 spiro atoms. The fourth-order valence-electron chi connectivity index (χ4n) is 0.534. The van der Waals surface area contributed by atoms with E-state index < -0.39 is 0 Å². The molecule has 0 saturated carbocycles. The van der Waals surface area contributed by atoms with Crippen molar-refractivity contribution in [2.75, 3.05) is 5.34 Å². The lowest BCUT2D eigenvalue weighted by molar-refractivity contribution is 1.39. The van der Waals surface area contributed by atoms with E-state index in [1.807, 2.05) is 18.2 Å². The highest BCUT2D eigenvalue weighted by atomic mass is 35.5. The molecule has 1 aromatic carbocycles. The van der Waals surface area contributed by atoms with E-state index in [4.69, 9.17) is 46.4 Å². The van der Waals surface area contributed by atoms with Crippen molar-refractivity contribution in [3.63, 3.8) is 0 Å². The van der Waals surface area contributed by atoms with E-state index in [-0.39, 0.29) is 10.2 Å². The molecule has 0 unspecified atom stereocenters. The monoisotopic (exact) mass is 274 g/mol. The van der Waals surface area contributed by atoms with Crippen LogP contribution in [0.1, 0.15) is 12.5 Å². The van der Waals surface area contributed by atoms with Crippen LogP contribution in [0.15, 0.2) is 30.3 Å². The molecule has 1 rings (SSSR count). The molecule has 0 fully saturated rings. The Kier molecular flexibility index (Phi) is 16.1. The molecule has 0 aliphatic heterocycles. The zero-order valence-electron chi connectivity index (χ0n) is 8.18. The fraction of sp³-hybridized carbons (Fsp3) is 0.400. The van der Waals surface area contributed by atoms with Gasteiger partial charge in [0.2, 0.25) is 0 Å². The third-order valence-corrected chi connectivity index (χ3v) is 0.940. The van der Waals surface area contributed by atoms with Crippen LogP contribution >= 0.6 is 46.4 Å². The van der Waals surface area contributed by atoms with Gasteiger partial charge in [0, 0.05) is 0 Å². The van der Waals surface area contributed by atoms with Crippen LogP contribution in [0.3, 0.4) is 0 Å². The molecule has 0 aliphatic rings. The normalized spacial score (nSPS) is 8.21. The first kappa shape index (κ1) is 16.8. The first-order valence-electron chi connectivity index (χ1n) is 3.96. The molecule has 0 aliphatic carbocycles. The van der Waals surface area contributed by atoms with Gasteiger partial charge >= 0.3 is 0 Å². The summed E-state index contributed by atoms with van der Waals surface area (Å²) in [6.07, 6.45) is 0. The van der Waals surface area contributed by atoms with E-state index in [2.05, 4.69) is 19.1 Å². The van der Waals surface area contributed by atoms with Crippen molar-refractivity contribution in [2.24, 2.45) is 0 Å². The van der Waals surface area contributed by atoms with E-state index in [0.717, 1.165) is 0 Å². The minimum Gasteiger partial charge on any atom is -0.109 e. The summed E-state index contributed by atoms with van der Waals surface area (Å²) in [6, 6.07) is 10.3. The highest BCUT2D eigenvalue weighted by Crippen LogP contribution is 1.95. The molecular formula is C10H14Cl4. The van der Waals surface area contributed by atoms with Gasteiger partial charge in [-0.05, 0) is 13.8 Å². The molecule has 0 aromatic heterocycles. The lowest BCUT2D eigenvalue weighted by Crippen LogP contribution is -1.63. The van der Waals surface area contributed by atoms with Crippen LogP contribution in [0.2, 0.25) is 0 Å². The minimum atomic E-state index is -0.222. The largest absolute Gasteiger partial charge is 0.109 e.